The third-order valence-electron chi connectivity index (χ3n) is 3.25. The zero-order chi connectivity index (χ0) is 10.7. The van der Waals surface area contributed by atoms with Gasteiger partial charge in [0.15, 0.2) is 4.67 Å². The van der Waals surface area contributed by atoms with Gasteiger partial charge in [-0.2, -0.15) is 0 Å². The van der Waals surface area contributed by atoms with Crippen LogP contribution in [-0.2, 0) is 11.2 Å². The summed E-state index contributed by atoms with van der Waals surface area (Å²) in [7, 11) is 0. The Labute approximate surface area is 98.2 Å². The maximum Gasteiger partial charge on any atom is 0.169 e. The summed E-state index contributed by atoms with van der Waals surface area (Å²) in [6.07, 6.45) is 7.51. The Morgan fingerprint density at radius 3 is 2.60 bits per heavy atom. The highest BCUT2D eigenvalue weighted by atomic mass is 79.9. The van der Waals surface area contributed by atoms with E-state index in [-0.39, 0.29) is 5.41 Å². The predicted octanol–water partition coefficient (Wildman–Crippen LogP) is 3.73. The van der Waals surface area contributed by atoms with Crippen LogP contribution in [0.3, 0.4) is 0 Å². The number of furan rings is 1. The average Bonchev–Trinajstić information content (AvgIpc) is 2.65. The van der Waals surface area contributed by atoms with Crippen LogP contribution in [0.5, 0.6) is 0 Å². The number of halogens is 1. The lowest BCUT2D eigenvalue weighted by Gasteiger charge is -2.31. The first-order chi connectivity index (χ1) is 7.24. The van der Waals surface area contributed by atoms with E-state index in [2.05, 4.69) is 15.9 Å². The fraction of sp³-hybridized carbons (Fsp3) is 0.583. The van der Waals surface area contributed by atoms with Crippen molar-refractivity contribution in [1.29, 1.82) is 0 Å². The van der Waals surface area contributed by atoms with E-state index in [4.69, 9.17) is 4.42 Å². The summed E-state index contributed by atoms with van der Waals surface area (Å²) >= 11 is 3.28. The SMILES string of the molecule is O=CC1(Cc2ccc(Br)o2)CCCCC1. The van der Waals surface area contributed by atoms with Crippen molar-refractivity contribution in [2.45, 2.75) is 38.5 Å². The molecule has 1 aromatic heterocycles. The standard InChI is InChI=1S/C12H15BrO2/c13-11-5-4-10(15-11)8-12(9-14)6-2-1-3-7-12/h4-5,9H,1-3,6-8H2. The minimum absolute atomic E-state index is 0.157. The maximum atomic E-state index is 11.2. The van der Waals surface area contributed by atoms with Gasteiger partial charge in [-0.15, -0.1) is 0 Å². The van der Waals surface area contributed by atoms with Crippen molar-refractivity contribution < 1.29 is 9.21 Å². The van der Waals surface area contributed by atoms with Crippen molar-refractivity contribution in [3.8, 4) is 0 Å². The van der Waals surface area contributed by atoms with Crippen molar-refractivity contribution in [3.05, 3.63) is 22.6 Å². The normalized spacial score (nSPS) is 20.1. The number of rotatable bonds is 3. The van der Waals surface area contributed by atoms with E-state index in [1.165, 1.54) is 19.3 Å². The Bertz CT molecular complexity index is 337. The van der Waals surface area contributed by atoms with Gasteiger partial charge >= 0.3 is 0 Å². The van der Waals surface area contributed by atoms with Gasteiger partial charge in [0, 0.05) is 11.8 Å². The molecule has 1 aromatic rings. The second-order valence-electron chi connectivity index (χ2n) is 4.42. The third kappa shape index (κ3) is 2.51. The number of aldehydes is 1. The maximum absolute atomic E-state index is 11.2. The van der Waals surface area contributed by atoms with Crippen molar-refractivity contribution >= 4 is 22.2 Å². The molecule has 0 aliphatic heterocycles. The quantitative estimate of drug-likeness (QED) is 0.784. The van der Waals surface area contributed by atoms with Gasteiger partial charge < -0.3 is 9.21 Å². The molecule has 2 rings (SSSR count). The van der Waals surface area contributed by atoms with Gasteiger partial charge in [0.2, 0.25) is 0 Å². The summed E-state index contributed by atoms with van der Waals surface area (Å²) in [4.78, 5) is 11.2. The lowest BCUT2D eigenvalue weighted by atomic mass is 9.72. The molecule has 0 atom stereocenters. The summed E-state index contributed by atoms with van der Waals surface area (Å²) < 4.78 is 6.22. The van der Waals surface area contributed by atoms with Crippen LogP contribution in [0, 0.1) is 5.41 Å². The van der Waals surface area contributed by atoms with Crippen LogP contribution >= 0.6 is 15.9 Å². The number of carbonyl (C=O) groups excluding carboxylic acids is 1. The van der Waals surface area contributed by atoms with Gasteiger partial charge in [-0.3, -0.25) is 0 Å². The van der Waals surface area contributed by atoms with Crippen molar-refractivity contribution in [2.24, 2.45) is 5.41 Å². The molecule has 0 spiro atoms. The van der Waals surface area contributed by atoms with Crippen LogP contribution in [0.15, 0.2) is 21.2 Å². The summed E-state index contributed by atoms with van der Waals surface area (Å²) in [6, 6.07) is 3.83. The molecule has 0 bridgehead atoms. The molecular weight excluding hydrogens is 256 g/mol. The summed E-state index contributed by atoms with van der Waals surface area (Å²) in [5.74, 6) is 0.913. The minimum Gasteiger partial charge on any atom is -0.454 e. The van der Waals surface area contributed by atoms with E-state index in [1.807, 2.05) is 12.1 Å². The molecule has 0 N–H and O–H groups in total. The van der Waals surface area contributed by atoms with Gasteiger partial charge in [-0.25, -0.2) is 0 Å². The van der Waals surface area contributed by atoms with Gasteiger partial charge in [0.05, 0.1) is 0 Å². The summed E-state index contributed by atoms with van der Waals surface area (Å²) in [6.45, 7) is 0. The molecule has 1 heterocycles. The smallest absolute Gasteiger partial charge is 0.169 e. The number of carbonyl (C=O) groups is 1. The van der Waals surface area contributed by atoms with Gasteiger partial charge in [0.1, 0.15) is 12.0 Å². The first-order valence-electron chi connectivity index (χ1n) is 5.45. The number of hydrogen-bond donors (Lipinski definition) is 0. The molecule has 15 heavy (non-hydrogen) atoms. The van der Waals surface area contributed by atoms with Crippen molar-refractivity contribution in [2.75, 3.05) is 0 Å². The van der Waals surface area contributed by atoms with Gasteiger partial charge in [-0.1, -0.05) is 19.3 Å². The fourth-order valence-corrected chi connectivity index (χ4v) is 2.73. The van der Waals surface area contributed by atoms with Crippen LogP contribution < -0.4 is 0 Å². The molecule has 82 valence electrons. The Balaban J connectivity index is 2.10. The highest BCUT2D eigenvalue weighted by Crippen LogP contribution is 2.37. The second kappa shape index (κ2) is 4.52. The van der Waals surface area contributed by atoms with E-state index >= 15 is 0 Å². The largest absolute Gasteiger partial charge is 0.454 e. The summed E-state index contributed by atoms with van der Waals surface area (Å²) in [5, 5.41) is 0. The van der Waals surface area contributed by atoms with Gasteiger partial charge in [0.25, 0.3) is 0 Å². The molecule has 0 amide bonds. The molecule has 1 aliphatic carbocycles. The van der Waals surface area contributed by atoms with E-state index in [0.29, 0.717) is 0 Å². The molecule has 0 aromatic carbocycles. The predicted molar refractivity (Wildman–Crippen MR) is 61.7 cm³/mol. The molecule has 1 saturated carbocycles. The Kier molecular flexibility index (Phi) is 3.29. The topological polar surface area (TPSA) is 30.2 Å². The van der Waals surface area contributed by atoms with E-state index in [1.54, 1.807) is 0 Å². The highest BCUT2D eigenvalue weighted by Gasteiger charge is 2.32. The van der Waals surface area contributed by atoms with E-state index < -0.39 is 0 Å². The van der Waals surface area contributed by atoms with Gasteiger partial charge in [-0.05, 0) is 40.9 Å². The monoisotopic (exact) mass is 270 g/mol. The molecule has 1 aliphatic rings. The second-order valence-corrected chi connectivity index (χ2v) is 5.21. The van der Waals surface area contributed by atoms with Crippen LogP contribution in [0.2, 0.25) is 0 Å². The van der Waals surface area contributed by atoms with Crippen LogP contribution in [0.4, 0.5) is 0 Å². The first-order valence-corrected chi connectivity index (χ1v) is 6.24. The van der Waals surface area contributed by atoms with E-state index in [9.17, 15) is 4.79 Å². The average molecular weight is 271 g/mol. The molecule has 2 nitrogen and oxygen atoms in total. The third-order valence-corrected chi connectivity index (χ3v) is 3.68. The molecule has 1 fully saturated rings. The molecule has 3 heteroatoms. The Morgan fingerprint density at radius 2 is 2.07 bits per heavy atom. The van der Waals surface area contributed by atoms with Crippen molar-refractivity contribution in [3.63, 3.8) is 0 Å². The molecule has 0 radical (unpaired) electrons. The molecule has 0 saturated heterocycles. The van der Waals surface area contributed by atoms with Crippen LogP contribution in [-0.4, -0.2) is 6.29 Å². The highest BCUT2D eigenvalue weighted by molar-refractivity contribution is 9.10. The zero-order valence-electron chi connectivity index (χ0n) is 8.67. The van der Waals surface area contributed by atoms with Crippen LogP contribution in [0.1, 0.15) is 37.9 Å². The molecule has 0 unspecified atom stereocenters. The van der Waals surface area contributed by atoms with Crippen LogP contribution in [0.25, 0.3) is 0 Å². The fourth-order valence-electron chi connectivity index (χ4n) is 2.39. The van der Waals surface area contributed by atoms with Crippen molar-refractivity contribution in [1.82, 2.24) is 0 Å². The van der Waals surface area contributed by atoms with E-state index in [0.717, 1.165) is 36.0 Å². The first kappa shape index (κ1) is 10.9. The Morgan fingerprint density at radius 1 is 1.33 bits per heavy atom. The lowest BCUT2D eigenvalue weighted by molar-refractivity contribution is -0.118. The molecular formula is C12H15BrO2. The number of hydrogen-bond acceptors (Lipinski definition) is 2. The lowest BCUT2D eigenvalue weighted by Crippen LogP contribution is -2.28. The minimum atomic E-state index is -0.157. The Hall–Kier alpha value is -0.570. The zero-order valence-corrected chi connectivity index (χ0v) is 10.3. The summed E-state index contributed by atoms with van der Waals surface area (Å²) in [5.41, 5.74) is -0.157.